The van der Waals surface area contributed by atoms with Crippen molar-refractivity contribution in [2.45, 2.75) is 64.2 Å². The van der Waals surface area contributed by atoms with Gasteiger partial charge in [0.25, 0.3) is 0 Å². The molecule has 0 saturated carbocycles. The van der Waals surface area contributed by atoms with Gasteiger partial charge in [-0.05, 0) is 18.9 Å². The maximum Gasteiger partial charge on any atom is 0.303 e. The van der Waals surface area contributed by atoms with Gasteiger partial charge in [-0.2, -0.15) is 0 Å². The highest BCUT2D eigenvalue weighted by Crippen LogP contribution is 2.10. The second kappa shape index (κ2) is 15.1. The summed E-state index contributed by atoms with van der Waals surface area (Å²) in [5, 5.41) is 11.3. The molecule has 0 aromatic heterocycles. The van der Waals surface area contributed by atoms with E-state index in [-0.39, 0.29) is 12.3 Å². The zero-order valence-corrected chi connectivity index (χ0v) is 14.1. The Bertz CT molecular complexity index is 366. The molecule has 23 heavy (non-hydrogen) atoms. The van der Waals surface area contributed by atoms with Crippen LogP contribution in [0.25, 0.3) is 0 Å². The van der Waals surface area contributed by atoms with Crippen LogP contribution in [0.2, 0.25) is 0 Å². The average Bonchev–Trinajstić information content (AvgIpc) is 2.52. The fourth-order valence-corrected chi connectivity index (χ4v) is 2.14. The molecule has 0 heterocycles. The number of hydrogen-bond donors (Lipinski definition) is 2. The molecule has 5 nitrogen and oxygen atoms in total. The molecule has 1 amide bonds. The summed E-state index contributed by atoms with van der Waals surface area (Å²) in [6.07, 6.45) is 10.7. The van der Waals surface area contributed by atoms with Gasteiger partial charge < -0.3 is 15.2 Å². The number of nitrogens with one attached hydrogen (secondary N) is 1. The lowest BCUT2D eigenvalue weighted by Crippen LogP contribution is -2.26. The van der Waals surface area contributed by atoms with Gasteiger partial charge in [0.1, 0.15) is 12.4 Å². The second-order valence-electron chi connectivity index (χ2n) is 5.59. The van der Waals surface area contributed by atoms with Gasteiger partial charge in [0.2, 0.25) is 5.91 Å². The first kappa shape index (κ1) is 21.2. The number of unbranched alkanes of at least 4 members (excludes halogenated alkanes) is 7. The Kier molecular flexibility index (Phi) is 14.0. The minimum Gasteiger partial charge on any atom is -0.492 e. The summed E-state index contributed by atoms with van der Waals surface area (Å²) < 4.78 is 5.19. The van der Waals surface area contributed by atoms with Crippen molar-refractivity contribution >= 4 is 11.9 Å². The average molecular weight is 325 g/mol. The third kappa shape index (κ3) is 16.4. The quantitative estimate of drug-likeness (QED) is 0.257. The summed E-state index contributed by atoms with van der Waals surface area (Å²) in [7, 11) is 0. The molecule has 0 aliphatic carbocycles. The smallest absolute Gasteiger partial charge is 0.303 e. The van der Waals surface area contributed by atoms with Crippen molar-refractivity contribution < 1.29 is 19.4 Å². The Hall–Kier alpha value is -1.78. The molecule has 0 saturated heterocycles. The lowest BCUT2D eigenvalue weighted by atomic mass is 10.1. The molecule has 0 fully saturated rings. The van der Waals surface area contributed by atoms with Gasteiger partial charge in [-0.3, -0.25) is 9.59 Å². The van der Waals surface area contributed by atoms with Crippen LogP contribution in [0.5, 0.6) is 0 Å². The molecule has 0 aliphatic heterocycles. The molecule has 0 atom stereocenters. The highest BCUT2D eigenvalue weighted by molar-refractivity contribution is 5.75. The third-order valence-electron chi connectivity index (χ3n) is 3.48. The van der Waals surface area contributed by atoms with Crippen molar-refractivity contribution in [3.05, 3.63) is 25.0 Å². The normalized spacial score (nSPS) is 10.1. The molecule has 0 aliphatic rings. The highest BCUT2D eigenvalue weighted by Gasteiger charge is 2.01. The summed E-state index contributed by atoms with van der Waals surface area (Å²) in [6.45, 7) is 8.05. The van der Waals surface area contributed by atoms with Crippen LogP contribution in [-0.4, -0.2) is 30.1 Å². The van der Waals surface area contributed by atoms with Gasteiger partial charge in [-0.25, -0.2) is 0 Å². The summed E-state index contributed by atoms with van der Waals surface area (Å²) in [4.78, 5) is 21.9. The Morgan fingerprint density at radius 2 is 1.48 bits per heavy atom. The lowest BCUT2D eigenvalue weighted by molar-refractivity contribution is -0.137. The molecule has 0 spiro atoms. The molecular weight excluding hydrogens is 294 g/mol. The number of carbonyl (C=O) groups excluding carboxylic acids is 1. The maximum absolute atomic E-state index is 11.6. The van der Waals surface area contributed by atoms with Crippen LogP contribution in [0.4, 0.5) is 0 Å². The van der Waals surface area contributed by atoms with Gasteiger partial charge in [-0.1, -0.05) is 51.7 Å². The number of carboxylic acids is 1. The lowest BCUT2D eigenvalue weighted by Gasteiger charge is -2.07. The largest absolute Gasteiger partial charge is 0.492 e. The van der Waals surface area contributed by atoms with E-state index in [4.69, 9.17) is 9.84 Å². The Balaban J connectivity index is 3.24. The van der Waals surface area contributed by atoms with Crippen LogP contribution in [0.3, 0.4) is 0 Å². The van der Waals surface area contributed by atoms with E-state index in [9.17, 15) is 9.59 Å². The fourth-order valence-electron chi connectivity index (χ4n) is 2.14. The topological polar surface area (TPSA) is 75.6 Å². The van der Waals surface area contributed by atoms with Crippen molar-refractivity contribution in [1.82, 2.24) is 5.32 Å². The SMILES string of the molecule is C=CC(=C)OCCNC(=O)CCCCCCCCCCC(=O)O. The minimum absolute atomic E-state index is 0.0616. The molecule has 0 aromatic carbocycles. The molecule has 0 aromatic rings. The number of ether oxygens (including phenoxy) is 1. The van der Waals surface area contributed by atoms with E-state index >= 15 is 0 Å². The number of hydrogen-bond acceptors (Lipinski definition) is 3. The second-order valence-corrected chi connectivity index (χ2v) is 5.59. The highest BCUT2D eigenvalue weighted by atomic mass is 16.5. The van der Waals surface area contributed by atoms with E-state index in [0.29, 0.717) is 25.3 Å². The van der Waals surface area contributed by atoms with Gasteiger partial charge in [-0.15, -0.1) is 0 Å². The van der Waals surface area contributed by atoms with E-state index in [1.165, 1.54) is 6.08 Å². The molecule has 0 radical (unpaired) electrons. The number of carbonyl (C=O) groups is 2. The van der Waals surface area contributed by atoms with E-state index in [1.54, 1.807) is 0 Å². The number of carboxylic acid groups (broad SMARTS) is 1. The number of aliphatic carboxylic acids is 1. The van der Waals surface area contributed by atoms with Gasteiger partial charge in [0.05, 0.1) is 6.54 Å². The van der Waals surface area contributed by atoms with Crippen molar-refractivity contribution in [3.8, 4) is 0 Å². The maximum atomic E-state index is 11.6. The monoisotopic (exact) mass is 325 g/mol. The number of amides is 1. The third-order valence-corrected chi connectivity index (χ3v) is 3.48. The molecule has 5 heteroatoms. The molecular formula is C18H31NO4. The molecule has 0 bridgehead atoms. The van der Waals surface area contributed by atoms with Crippen LogP contribution in [-0.2, 0) is 14.3 Å². The van der Waals surface area contributed by atoms with Crippen LogP contribution in [0, 0.1) is 0 Å². The van der Waals surface area contributed by atoms with E-state index < -0.39 is 5.97 Å². The van der Waals surface area contributed by atoms with E-state index in [0.717, 1.165) is 51.4 Å². The number of rotatable bonds is 16. The molecule has 132 valence electrons. The predicted molar refractivity (Wildman–Crippen MR) is 92.1 cm³/mol. The Morgan fingerprint density at radius 3 is 2.00 bits per heavy atom. The van der Waals surface area contributed by atoms with Crippen LogP contribution in [0.1, 0.15) is 64.2 Å². The predicted octanol–water partition coefficient (Wildman–Crippen LogP) is 3.80. The van der Waals surface area contributed by atoms with Gasteiger partial charge >= 0.3 is 5.97 Å². The zero-order chi connectivity index (χ0) is 17.3. The Labute approximate surface area is 139 Å². The Morgan fingerprint density at radius 1 is 0.957 bits per heavy atom. The summed E-state index contributed by atoms with van der Waals surface area (Å²) in [6, 6.07) is 0. The van der Waals surface area contributed by atoms with Crippen molar-refractivity contribution in [2.24, 2.45) is 0 Å². The fraction of sp³-hybridized carbons (Fsp3) is 0.667. The molecule has 0 rings (SSSR count). The van der Waals surface area contributed by atoms with Crippen LogP contribution >= 0.6 is 0 Å². The summed E-state index contributed by atoms with van der Waals surface area (Å²) in [5.74, 6) is -0.130. The first-order chi connectivity index (χ1) is 11.1. The van der Waals surface area contributed by atoms with E-state index in [1.807, 2.05) is 0 Å². The van der Waals surface area contributed by atoms with Crippen molar-refractivity contribution in [1.29, 1.82) is 0 Å². The minimum atomic E-state index is -0.708. The van der Waals surface area contributed by atoms with Crippen molar-refractivity contribution in [2.75, 3.05) is 13.2 Å². The molecule has 2 N–H and O–H groups in total. The first-order valence-electron chi connectivity index (χ1n) is 8.49. The van der Waals surface area contributed by atoms with Crippen molar-refractivity contribution in [3.63, 3.8) is 0 Å². The van der Waals surface area contributed by atoms with Gasteiger partial charge in [0, 0.05) is 12.8 Å². The first-order valence-corrected chi connectivity index (χ1v) is 8.49. The molecule has 0 unspecified atom stereocenters. The van der Waals surface area contributed by atoms with E-state index in [2.05, 4.69) is 18.5 Å². The zero-order valence-electron chi connectivity index (χ0n) is 14.1. The summed E-state index contributed by atoms with van der Waals surface area (Å²) >= 11 is 0. The van der Waals surface area contributed by atoms with Crippen LogP contribution in [0.15, 0.2) is 25.0 Å². The van der Waals surface area contributed by atoms with Crippen LogP contribution < -0.4 is 5.32 Å². The summed E-state index contributed by atoms with van der Waals surface area (Å²) in [5.41, 5.74) is 0. The van der Waals surface area contributed by atoms with Gasteiger partial charge in [0.15, 0.2) is 0 Å². The number of allylic oxidation sites excluding steroid dienone is 1. The standard InChI is InChI=1S/C18H31NO4/c1-3-16(2)23-15-14-19-17(20)12-10-8-6-4-5-7-9-11-13-18(21)22/h3H,1-2,4-15H2,(H,19,20)(H,21,22).